The summed E-state index contributed by atoms with van der Waals surface area (Å²) in [6, 6.07) is 13.7. The predicted octanol–water partition coefficient (Wildman–Crippen LogP) is 2.86. The van der Waals surface area contributed by atoms with E-state index in [1.54, 1.807) is 18.2 Å². The van der Waals surface area contributed by atoms with E-state index in [9.17, 15) is 24.2 Å². The molecular formula is C28H38FN3O5. The number of piperazine rings is 1. The minimum Gasteiger partial charge on any atom is -0.494 e. The van der Waals surface area contributed by atoms with E-state index in [-0.39, 0.29) is 25.5 Å². The van der Waals surface area contributed by atoms with Gasteiger partial charge in [-0.25, -0.2) is 4.39 Å². The molecule has 37 heavy (non-hydrogen) atoms. The van der Waals surface area contributed by atoms with Crippen molar-refractivity contribution in [1.29, 1.82) is 0 Å². The molecule has 2 atom stereocenters. The minimum atomic E-state index is -1.90. The van der Waals surface area contributed by atoms with Crippen molar-refractivity contribution in [3.05, 3.63) is 59.9 Å². The maximum absolute atomic E-state index is 14.0. The monoisotopic (exact) mass is 515 g/mol. The predicted molar refractivity (Wildman–Crippen MR) is 140 cm³/mol. The van der Waals surface area contributed by atoms with Crippen LogP contribution >= 0.6 is 0 Å². The maximum atomic E-state index is 14.0. The number of ether oxygens (including phenoxy) is 1. The number of benzene rings is 2. The van der Waals surface area contributed by atoms with Gasteiger partial charge in [-0.05, 0) is 36.2 Å². The smallest absolute Gasteiger partial charge is 0.254 e. The number of hydrogen-bond donors (Lipinski definition) is 3. The molecule has 0 aliphatic carbocycles. The molecule has 0 radical (unpaired) electrons. The van der Waals surface area contributed by atoms with Gasteiger partial charge in [0.15, 0.2) is 12.2 Å². The van der Waals surface area contributed by atoms with Gasteiger partial charge in [-0.2, -0.15) is 0 Å². The zero-order chi connectivity index (χ0) is 26.6. The molecule has 3 N–H and O–H groups in total. The summed E-state index contributed by atoms with van der Waals surface area (Å²) < 4.78 is 19.8. The van der Waals surface area contributed by atoms with E-state index in [0.717, 1.165) is 24.2 Å². The van der Waals surface area contributed by atoms with E-state index in [2.05, 4.69) is 12.2 Å². The van der Waals surface area contributed by atoms with E-state index in [0.29, 0.717) is 25.4 Å². The molecule has 2 amide bonds. The van der Waals surface area contributed by atoms with Crippen LogP contribution in [-0.4, -0.2) is 71.9 Å². The highest BCUT2D eigenvalue weighted by atomic mass is 19.1. The van der Waals surface area contributed by atoms with Crippen LogP contribution in [-0.2, 0) is 16.1 Å². The maximum Gasteiger partial charge on any atom is 0.254 e. The van der Waals surface area contributed by atoms with E-state index in [1.165, 1.54) is 30.2 Å². The van der Waals surface area contributed by atoms with Crippen LogP contribution in [0, 0.1) is 5.82 Å². The van der Waals surface area contributed by atoms with Crippen LogP contribution in [0.25, 0.3) is 0 Å². The summed E-state index contributed by atoms with van der Waals surface area (Å²) in [4.78, 5) is 28.2. The molecule has 8 nitrogen and oxygen atoms in total. The lowest BCUT2D eigenvalue weighted by Crippen LogP contribution is -2.55. The lowest BCUT2D eigenvalue weighted by Gasteiger charge is -2.37. The summed E-state index contributed by atoms with van der Waals surface area (Å²) >= 11 is 0. The number of anilines is 1. The lowest BCUT2D eigenvalue weighted by molar-refractivity contribution is -0.153. The summed E-state index contributed by atoms with van der Waals surface area (Å²) in [6.07, 6.45) is 2.06. The van der Waals surface area contributed by atoms with Gasteiger partial charge in [-0.3, -0.25) is 9.59 Å². The number of para-hydroxylation sites is 1. The third-order valence-corrected chi connectivity index (χ3v) is 6.51. The summed E-state index contributed by atoms with van der Waals surface area (Å²) in [5.74, 6) is -1.15. The van der Waals surface area contributed by atoms with Crippen LogP contribution in [0.2, 0.25) is 0 Å². The van der Waals surface area contributed by atoms with Crippen molar-refractivity contribution in [3.8, 4) is 5.75 Å². The van der Waals surface area contributed by atoms with Crippen LogP contribution in [0.1, 0.15) is 44.6 Å². The van der Waals surface area contributed by atoms with E-state index in [4.69, 9.17) is 4.74 Å². The molecule has 1 aliphatic heterocycles. The first kappa shape index (κ1) is 28.4. The van der Waals surface area contributed by atoms with Crippen molar-refractivity contribution in [2.24, 2.45) is 0 Å². The number of aliphatic hydroxyl groups is 2. The Balaban J connectivity index is 1.39. The van der Waals surface area contributed by atoms with E-state index < -0.39 is 24.0 Å². The number of rotatable bonds is 13. The third-order valence-electron chi connectivity index (χ3n) is 6.51. The Morgan fingerprint density at radius 2 is 1.62 bits per heavy atom. The first-order valence-electron chi connectivity index (χ1n) is 13.0. The lowest BCUT2D eigenvalue weighted by atomic mass is 10.1. The van der Waals surface area contributed by atoms with Crippen LogP contribution in [0.4, 0.5) is 10.1 Å². The molecule has 2 aromatic rings. The number of hydrogen-bond acceptors (Lipinski definition) is 6. The number of carbonyl (C=O) groups is 2. The molecule has 2 aromatic carbocycles. The standard InChI is InChI=1S/C28H38FN3O5/c1-2-3-4-5-8-19-37-22-13-11-21(12-14-22)20-30-27(35)25(33)26(34)28(36)32-17-15-31(16-18-32)24-10-7-6-9-23(24)29/h6-7,9-14,25-26,33-34H,2-5,8,15-20H2,1H3,(H,30,35)/t25-,26-/m1/s1. The van der Waals surface area contributed by atoms with Gasteiger partial charge in [0.1, 0.15) is 11.6 Å². The highest BCUT2D eigenvalue weighted by molar-refractivity contribution is 5.90. The second-order valence-corrected chi connectivity index (χ2v) is 9.28. The Hall–Kier alpha value is -3.17. The van der Waals surface area contributed by atoms with Gasteiger partial charge < -0.3 is 30.1 Å². The number of halogens is 1. The Labute approximate surface area is 218 Å². The topological polar surface area (TPSA) is 102 Å². The fourth-order valence-corrected chi connectivity index (χ4v) is 4.23. The van der Waals surface area contributed by atoms with Crippen molar-refractivity contribution < 1.29 is 28.9 Å². The van der Waals surface area contributed by atoms with Crippen molar-refractivity contribution >= 4 is 17.5 Å². The Morgan fingerprint density at radius 1 is 0.946 bits per heavy atom. The fourth-order valence-electron chi connectivity index (χ4n) is 4.23. The first-order chi connectivity index (χ1) is 17.9. The minimum absolute atomic E-state index is 0.134. The molecule has 0 spiro atoms. The van der Waals surface area contributed by atoms with Crippen LogP contribution < -0.4 is 15.0 Å². The Bertz CT molecular complexity index is 996. The van der Waals surface area contributed by atoms with Crippen LogP contribution in [0.3, 0.4) is 0 Å². The van der Waals surface area contributed by atoms with Gasteiger partial charge in [-0.15, -0.1) is 0 Å². The molecular weight excluding hydrogens is 477 g/mol. The van der Waals surface area contributed by atoms with E-state index in [1.807, 2.05) is 29.2 Å². The number of aliphatic hydroxyl groups excluding tert-OH is 2. The Kier molecular flexibility index (Phi) is 11.2. The highest BCUT2D eigenvalue weighted by Crippen LogP contribution is 2.20. The van der Waals surface area contributed by atoms with Crippen molar-refractivity contribution in [1.82, 2.24) is 10.2 Å². The first-order valence-corrected chi connectivity index (χ1v) is 13.0. The van der Waals surface area contributed by atoms with Gasteiger partial charge >= 0.3 is 0 Å². The molecule has 0 aromatic heterocycles. The molecule has 3 rings (SSSR count). The van der Waals surface area contributed by atoms with Gasteiger partial charge in [0.2, 0.25) is 0 Å². The van der Waals surface area contributed by atoms with Gasteiger partial charge in [0.05, 0.1) is 12.3 Å². The molecule has 1 fully saturated rings. The van der Waals surface area contributed by atoms with Gasteiger partial charge in [0, 0.05) is 32.7 Å². The zero-order valence-corrected chi connectivity index (χ0v) is 21.4. The summed E-state index contributed by atoms with van der Waals surface area (Å²) in [5.41, 5.74) is 1.25. The average molecular weight is 516 g/mol. The molecule has 9 heteroatoms. The number of nitrogens with one attached hydrogen (secondary N) is 1. The average Bonchev–Trinajstić information content (AvgIpc) is 2.93. The second-order valence-electron chi connectivity index (χ2n) is 9.28. The second kappa shape index (κ2) is 14.5. The van der Waals surface area contributed by atoms with Gasteiger partial charge in [-0.1, -0.05) is 56.9 Å². The van der Waals surface area contributed by atoms with Crippen LogP contribution in [0.15, 0.2) is 48.5 Å². The molecule has 1 aliphatic rings. The fraction of sp³-hybridized carbons (Fsp3) is 0.500. The zero-order valence-electron chi connectivity index (χ0n) is 21.4. The third kappa shape index (κ3) is 8.43. The molecule has 0 bridgehead atoms. The largest absolute Gasteiger partial charge is 0.494 e. The quantitative estimate of drug-likeness (QED) is 0.355. The van der Waals surface area contributed by atoms with E-state index >= 15 is 0 Å². The summed E-state index contributed by atoms with van der Waals surface area (Å²) in [5, 5.41) is 23.1. The molecule has 0 saturated carbocycles. The normalized spacial score (nSPS) is 15.2. The number of carbonyl (C=O) groups excluding carboxylic acids is 2. The molecule has 202 valence electrons. The summed E-state index contributed by atoms with van der Waals surface area (Å²) in [7, 11) is 0. The number of nitrogens with zero attached hydrogens (tertiary/aromatic N) is 2. The highest BCUT2D eigenvalue weighted by Gasteiger charge is 2.34. The van der Waals surface area contributed by atoms with Crippen molar-refractivity contribution in [2.45, 2.75) is 57.8 Å². The molecule has 0 unspecified atom stereocenters. The van der Waals surface area contributed by atoms with Crippen molar-refractivity contribution in [2.75, 3.05) is 37.7 Å². The number of amides is 2. The summed E-state index contributed by atoms with van der Waals surface area (Å²) in [6.45, 7) is 4.21. The number of unbranched alkanes of at least 4 members (excludes halogenated alkanes) is 4. The molecule has 1 saturated heterocycles. The SMILES string of the molecule is CCCCCCCOc1ccc(CNC(=O)[C@H](O)[C@@H](O)C(=O)N2CCN(c3ccccc3F)CC2)cc1. The van der Waals surface area contributed by atoms with Gasteiger partial charge in [0.25, 0.3) is 11.8 Å². The van der Waals surface area contributed by atoms with Crippen molar-refractivity contribution in [3.63, 3.8) is 0 Å². The van der Waals surface area contributed by atoms with Crippen LogP contribution in [0.5, 0.6) is 5.75 Å². The molecule has 1 heterocycles. The Morgan fingerprint density at radius 3 is 2.30 bits per heavy atom.